The molecule has 1 aliphatic heterocycles. The van der Waals surface area contributed by atoms with Crippen LogP contribution in [0.1, 0.15) is 19.7 Å². The van der Waals surface area contributed by atoms with Gasteiger partial charge in [0.2, 0.25) is 5.89 Å². The second kappa shape index (κ2) is 7.07. The van der Waals surface area contributed by atoms with E-state index in [0.717, 1.165) is 55.9 Å². The lowest BCUT2D eigenvalue weighted by Crippen LogP contribution is -2.46. The maximum Gasteiger partial charge on any atom is 0.209 e. The second-order valence-electron chi connectivity index (χ2n) is 6.45. The van der Waals surface area contributed by atoms with Crippen molar-refractivity contribution < 1.29 is 4.42 Å². The zero-order valence-electron chi connectivity index (χ0n) is 13.5. The molecule has 1 aromatic heterocycles. The average molecular weight is 299 g/mol. The van der Waals surface area contributed by atoms with Crippen molar-refractivity contribution in [3.63, 3.8) is 0 Å². The van der Waals surface area contributed by atoms with Gasteiger partial charge < -0.3 is 9.32 Å². The average Bonchev–Trinajstić information content (AvgIpc) is 2.98. The topological polar surface area (TPSA) is 32.5 Å². The normalized spacial score (nSPS) is 17.2. The summed E-state index contributed by atoms with van der Waals surface area (Å²) in [7, 11) is 0. The standard InChI is InChI=1S/C18H25N3O/c1-15(2)13-20-8-10-21(11-9-20)14-18-19-12-17(22-18)16-6-4-3-5-7-16/h3-7,12,15H,8-11,13-14H2,1-2H3. The van der Waals surface area contributed by atoms with Crippen molar-refractivity contribution in [3.8, 4) is 11.3 Å². The fraction of sp³-hybridized carbons (Fsp3) is 0.500. The molecule has 0 N–H and O–H groups in total. The summed E-state index contributed by atoms with van der Waals surface area (Å²) in [6, 6.07) is 10.2. The van der Waals surface area contributed by atoms with Crippen molar-refractivity contribution in [2.75, 3.05) is 32.7 Å². The molecule has 0 unspecified atom stereocenters. The van der Waals surface area contributed by atoms with Gasteiger partial charge in [-0.3, -0.25) is 4.90 Å². The third-order valence-corrected chi connectivity index (χ3v) is 4.06. The van der Waals surface area contributed by atoms with Gasteiger partial charge in [0.15, 0.2) is 5.76 Å². The Hall–Kier alpha value is -1.65. The summed E-state index contributed by atoms with van der Waals surface area (Å²) in [5, 5.41) is 0. The zero-order chi connectivity index (χ0) is 15.4. The van der Waals surface area contributed by atoms with Crippen LogP contribution in [0.2, 0.25) is 0 Å². The van der Waals surface area contributed by atoms with Crippen molar-refractivity contribution in [3.05, 3.63) is 42.4 Å². The molecule has 1 aromatic carbocycles. The summed E-state index contributed by atoms with van der Waals surface area (Å²) < 4.78 is 5.90. The minimum Gasteiger partial charge on any atom is -0.439 e. The van der Waals surface area contributed by atoms with Gasteiger partial charge >= 0.3 is 0 Å². The van der Waals surface area contributed by atoms with E-state index >= 15 is 0 Å². The number of hydrogen-bond acceptors (Lipinski definition) is 4. The Labute approximate surface area is 132 Å². The quantitative estimate of drug-likeness (QED) is 0.849. The van der Waals surface area contributed by atoms with Crippen LogP contribution >= 0.6 is 0 Å². The van der Waals surface area contributed by atoms with E-state index in [0.29, 0.717) is 0 Å². The van der Waals surface area contributed by atoms with Gasteiger partial charge in [-0.1, -0.05) is 44.2 Å². The number of oxazole rings is 1. The molecule has 1 fully saturated rings. The summed E-state index contributed by atoms with van der Waals surface area (Å²) in [6.07, 6.45) is 1.83. The molecule has 2 aromatic rings. The number of benzene rings is 1. The Morgan fingerprint density at radius 1 is 1.05 bits per heavy atom. The molecule has 1 aliphatic rings. The maximum absolute atomic E-state index is 5.90. The predicted octanol–water partition coefficient (Wildman–Crippen LogP) is 3.12. The van der Waals surface area contributed by atoms with Gasteiger partial charge in [0.25, 0.3) is 0 Å². The van der Waals surface area contributed by atoms with E-state index in [1.807, 2.05) is 24.4 Å². The lowest BCUT2D eigenvalue weighted by Gasteiger charge is -2.34. The summed E-state index contributed by atoms with van der Waals surface area (Å²) in [4.78, 5) is 9.41. The molecule has 0 bridgehead atoms. The molecular formula is C18H25N3O. The fourth-order valence-corrected chi connectivity index (χ4v) is 2.96. The van der Waals surface area contributed by atoms with Crippen molar-refractivity contribution in [1.29, 1.82) is 0 Å². The van der Waals surface area contributed by atoms with Crippen LogP contribution in [-0.4, -0.2) is 47.5 Å². The lowest BCUT2D eigenvalue weighted by molar-refractivity contribution is 0.111. The molecule has 0 spiro atoms. The van der Waals surface area contributed by atoms with Crippen molar-refractivity contribution in [1.82, 2.24) is 14.8 Å². The van der Waals surface area contributed by atoms with Crippen molar-refractivity contribution in [2.45, 2.75) is 20.4 Å². The molecular weight excluding hydrogens is 274 g/mol. The van der Waals surface area contributed by atoms with Crippen LogP contribution in [0.15, 0.2) is 40.9 Å². The number of rotatable bonds is 5. The van der Waals surface area contributed by atoms with Crippen LogP contribution in [0.5, 0.6) is 0 Å². The summed E-state index contributed by atoms with van der Waals surface area (Å²) in [5.41, 5.74) is 1.09. The van der Waals surface area contributed by atoms with Crippen LogP contribution in [0, 0.1) is 5.92 Å². The van der Waals surface area contributed by atoms with Gasteiger partial charge in [0.05, 0.1) is 12.7 Å². The summed E-state index contributed by atoms with van der Waals surface area (Å²) >= 11 is 0. The SMILES string of the molecule is CC(C)CN1CCN(Cc2ncc(-c3ccccc3)o2)CC1. The van der Waals surface area contributed by atoms with E-state index in [1.165, 1.54) is 6.54 Å². The van der Waals surface area contributed by atoms with E-state index in [1.54, 1.807) is 0 Å². The molecule has 0 aliphatic carbocycles. The number of piperazine rings is 1. The molecule has 0 amide bonds. The molecule has 0 atom stereocenters. The fourth-order valence-electron chi connectivity index (χ4n) is 2.96. The Balaban J connectivity index is 1.54. The first-order valence-electron chi connectivity index (χ1n) is 8.15. The van der Waals surface area contributed by atoms with Crippen LogP contribution in [0.4, 0.5) is 0 Å². The van der Waals surface area contributed by atoms with E-state index in [-0.39, 0.29) is 0 Å². The number of aromatic nitrogens is 1. The largest absolute Gasteiger partial charge is 0.439 e. The number of hydrogen-bond donors (Lipinski definition) is 0. The van der Waals surface area contributed by atoms with Gasteiger partial charge in [-0.15, -0.1) is 0 Å². The molecule has 0 radical (unpaired) electrons. The Bertz CT molecular complexity index is 571. The zero-order valence-corrected chi connectivity index (χ0v) is 13.5. The van der Waals surface area contributed by atoms with Crippen LogP contribution < -0.4 is 0 Å². The maximum atomic E-state index is 5.90. The van der Waals surface area contributed by atoms with Gasteiger partial charge in [-0.25, -0.2) is 4.98 Å². The highest BCUT2D eigenvalue weighted by molar-refractivity contribution is 5.55. The van der Waals surface area contributed by atoms with Gasteiger partial charge in [0.1, 0.15) is 0 Å². The van der Waals surface area contributed by atoms with Crippen molar-refractivity contribution in [2.24, 2.45) is 5.92 Å². The van der Waals surface area contributed by atoms with Crippen LogP contribution in [0.3, 0.4) is 0 Å². The monoisotopic (exact) mass is 299 g/mol. The number of nitrogens with zero attached hydrogens (tertiary/aromatic N) is 3. The molecule has 22 heavy (non-hydrogen) atoms. The van der Waals surface area contributed by atoms with Gasteiger partial charge in [0, 0.05) is 38.3 Å². The van der Waals surface area contributed by atoms with E-state index < -0.39 is 0 Å². The highest BCUT2D eigenvalue weighted by Gasteiger charge is 2.19. The minimum absolute atomic E-state index is 0.742. The highest BCUT2D eigenvalue weighted by atomic mass is 16.4. The van der Waals surface area contributed by atoms with E-state index in [4.69, 9.17) is 4.42 Å². The third-order valence-electron chi connectivity index (χ3n) is 4.06. The Morgan fingerprint density at radius 3 is 2.41 bits per heavy atom. The van der Waals surface area contributed by atoms with Crippen LogP contribution in [-0.2, 0) is 6.54 Å². The van der Waals surface area contributed by atoms with Crippen molar-refractivity contribution >= 4 is 0 Å². The lowest BCUT2D eigenvalue weighted by atomic mass is 10.2. The summed E-state index contributed by atoms with van der Waals surface area (Å²) in [5.74, 6) is 2.41. The molecule has 118 valence electrons. The molecule has 4 nitrogen and oxygen atoms in total. The first-order valence-corrected chi connectivity index (χ1v) is 8.15. The molecule has 2 heterocycles. The van der Waals surface area contributed by atoms with Gasteiger partial charge in [-0.2, -0.15) is 0 Å². The first kappa shape index (κ1) is 15.3. The smallest absolute Gasteiger partial charge is 0.209 e. The Morgan fingerprint density at radius 2 is 1.73 bits per heavy atom. The molecule has 1 saturated heterocycles. The first-order chi connectivity index (χ1) is 10.7. The molecule has 3 rings (SSSR count). The minimum atomic E-state index is 0.742. The van der Waals surface area contributed by atoms with Gasteiger partial charge in [-0.05, 0) is 5.92 Å². The predicted molar refractivity (Wildman–Crippen MR) is 88.5 cm³/mol. The molecule has 0 saturated carbocycles. The highest BCUT2D eigenvalue weighted by Crippen LogP contribution is 2.20. The van der Waals surface area contributed by atoms with E-state index in [9.17, 15) is 0 Å². The van der Waals surface area contributed by atoms with Crippen LogP contribution in [0.25, 0.3) is 11.3 Å². The van der Waals surface area contributed by atoms with E-state index in [2.05, 4.69) is 40.8 Å². The second-order valence-corrected chi connectivity index (χ2v) is 6.45. The molecule has 4 heteroatoms. The summed E-state index contributed by atoms with van der Waals surface area (Å²) in [6.45, 7) is 11.0. The Kier molecular flexibility index (Phi) is 4.90. The third kappa shape index (κ3) is 3.96.